The van der Waals surface area contributed by atoms with Crippen LogP contribution in [0.5, 0.6) is 0 Å². The second-order valence-corrected chi connectivity index (χ2v) is 5.46. The van der Waals surface area contributed by atoms with Crippen LogP contribution in [0, 0.1) is 0 Å². The minimum absolute atomic E-state index is 0.867. The van der Waals surface area contributed by atoms with Crippen molar-refractivity contribution >= 4 is 0 Å². The number of hydrogen-bond acceptors (Lipinski definition) is 2. The Labute approximate surface area is 125 Å². The number of nitrogens with zero attached hydrogens (tertiary/aromatic N) is 2. The molecule has 0 aromatic carbocycles. The number of rotatable bonds is 0. The van der Waals surface area contributed by atoms with Gasteiger partial charge in [-0.05, 0) is 12.8 Å². The molecule has 0 atom stereocenters. The number of hydrogen-bond donors (Lipinski definition) is 0. The van der Waals surface area contributed by atoms with Crippen LogP contribution in [0.25, 0.3) is 0 Å². The maximum Gasteiger partial charge on any atom is 0.417 e. The number of fused-ring (bicyclic) bond motifs is 1. The fraction of sp³-hybridized carbons (Fsp3) is 1.00. The lowest BCUT2D eigenvalue weighted by molar-refractivity contribution is -0.378. The molecular formula is C10H8F12N2. The van der Waals surface area contributed by atoms with E-state index in [1.165, 1.54) is 0 Å². The molecule has 2 fully saturated rings. The highest BCUT2D eigenvalue weighted by Crippen LogP contribution is 2.61. The molecule has 0 amide bonds. The summed E-state index contributed by atoms with van der Waals surface area (Å²) >= 11 is 0. The summed E-state index contributed by atoms with van der Waals surface area (Å²) in [5, 5.41) is -1.73. The van der Waals surface area contributed by atoms with E-state index in [0.29, 0.717) is 0 Å². The maximum atomic E-state index is 13.0. The normalized spacial score (nSPS) is 26.0. The first-order chi connectivity index (χ1) is 10.4. The molecule has 0 aromatic rings. The predicted octanol–water partition coefficient (Wildman–Crippen LogP) is 4.04. The van der Waals surface area contributed by atoms with Gasteiger partial charge in [0.25, 0.3) is 0 Å². The van der Waals surface area contributed by atoms with E-state index in [4.69, 9.17) is 0 Å². The zero-order valence-corrected chi connectivity index (χ0v) is 11.3. The summed E-state index contributed by atoms with van der Waals surface area (Å²) in [6.07, 6.45) is -28.4. The van der Waals surface area contributed by atoms with Crippen molar-refractivity contribution < 1.29 is 52.7 Å². The summed E-state index contributed by atoms with van der Waals surface area (Å²) < 4.78 is 157. The van der Waals surface area contributed by atoms with Gasteiger partial charge in [-0.25, -0.2) is 10.0 Å². The standard InChI is InChI=1S/C10H8F12N2/c11-7(12,13)5(8(14,15)16)1-3-23-6(9(17,18)19,10(20,21)22)2-4-24(5)23/h1-4H2. The summed E-state index contributed by atoms with van der Waals surface area (Å²) in [6, 6.07) is 0. The topological polar surface area (TPSA) is 6.48 Å². The van der Waals surface area contributed by atoms with Crippen molar-refractivity contribution in [2.24, 2.45) is 0 Å². The Bertz CT molecular complexity index is 424. The molecule has 0 unspecified atom stereocenters. The molecule has 0 saturated carbocycles. The third kappa shape index (κ3) is 2.14. The van der Waals surface area contributed by atoms with E-state index in [-0.39, 0.29) is 0 Å². The summed E-state index contributed by atoms with van der Waals surface area (Å²) in [7, 11) is 0. The molecule has 2 aliphatic rings. The minimum atomic E-state index is -6.10. The van der Waals surface area contributed by atoms with Crippen molar-refractivity contribution in [1.29, 1.82) is 0 Å². The first kappa shape index (κ1) is 19.4. The van der Waals surface area contributed by atoms with Gasteiger partial charge in [-0.15, -0.1) is 0 Å². The van der Waals surface area contributed by atoms with Crippen LogP contribution in [0.4, 0.5) is 52.7 Å². The number of hydrazine groups is 1. The number of halogens is 12. The number of alkyl halides is 12. The average molecular weight is 384 g/mol. The van der Waals surface area contributed by atoms with Gasteiger partial charge in [-0.2, -0.15) is 52.7 Å². The fourth-order valence-electron chi connectivity index (χ4n) is 3.30. The lowest BCUT2D eigenvalue weighted by Crippen LogP contribution is -2.69. The lowest BCUT2D eigenvalue weighted by atomic mass is 9.90. The Balaban J connectivity index is 2.63. The first-order valence-corrected chi connectivity index (χ1v) is 6.25. The Morgan fingerprint density at radius 2 is 0.667 bits per heavy atom. The molecule has 0 aromatic heterocycles. The molecule has 142 valence electrons. The highest BCUT2D eigenvalue weighted by Gasteiger charge is 2.85. The molecular weight excluding hydrogens is 376 g/mol. The first-order valence-electron chi connectivity index (χ1n) is 6.25. The van der Waals surface area contributed by atoms with E-state index < -0.39 is 71.7 Å². The summed E-state index contributed by atoms with van der Waals surface area (Å²) in [5.41, 5.74) is -9.56. The van der Waals surface area contributed by atoms with Gasteiger partial charge < -0.3 is 0 Å². The van der Waals surface area contributed by atoms with Gasteiger partial charge in [0.1, 0.15) is 0 Å². The monoisotopic (exact) mass is 384 g/mol. The zero-order valence-electron chi connectivity index (χ0n) is 11.3. The second-order valence-electron chi connectivity index (χ2n) is 5.46. The Kier molecular flexibility index (Phi) is 3.90. The van der Waals surface area contributed by atoms with Crippen LogP contribution in [0.3, 0.4) is 0 Å². The third-order valence-electron chi connectivity index (χ3n) is 4.42. The Morgan fingerprint density at radius 1 is 0.458 bits per heavy atom. The molecule has 0 aliphatic carbocycles. The molecule has 2 saturated heterocycles. The van der Waals surface area contributed by atoms with Crippen LogP contribution in [0.2, 0.25) is 0 Å². The van der Waals surface area contributed by atoms with Crippen molar-refractivity contribution in [1.82, 2.24) is 10.0 Å². The van der Waals surface area contributed by atoms with Gasteiger partial charge in [-0.3, -0.25) is 0 Å². The average Bonchev–Trinajstić information content (AvgIpc) is 2.78. The zero-order chi connectivity index (χ0) is 19.0. The maximum absolute atomic E-state index is 13.0. The largest absolute Gasteiger partial charge is 0.417 e. The predicted molar refractivity (Wildman–Crippen MR) is 52.3 cm³/mol. The summed E-state index contributed by atoms with van der Waals surface area (Å²) in [6.45, 7) is -3.36. The Hall–Kier alpha value is -0.920. The lowest BCUT2D eigenvalue weighted by Gasteiger charge is -2.44. The van der Waals surface area contributed by atoms with Crippen LogP contribution in [-0.2, 0) is 0 Å². The third-order valence-corrected chi connectivity index (χ3v) is 4.42. The van der Waals surface area contributed by atoms with E-state index >= 15 is 0 Å². The smallest absolute Gasteiger partial charge is 0.217 e. The van der Waals surface area contributed by atoms with Crippen LogP contribution in [0.15, 0.2) is 0 Å². The molecule has 2 heterocycles. The molecule has 2 aliphatic heterocycles. The van der Waals surface area contributed by atoms with Crippen molar-refractivity contribution in [3.63, 3.8) is 0 Å². The quantitative estimate of drug-likeness (QED) is 0.582. The fourth-order valence-corrected chi connectivity index (χ4v) is 3.30. The van der Waals surface area contributed by atoms with E-state index in [2.05, 4.69) is 0 Å². The van der Waals surface area contributed by atoms with Gasteiger partial charge in [0.15, 0.2) is 0 Å². The van der Waals surface area contributed by atoms with Crippen molar-refractivity contribution in [3.8, 4) is 0 Å². The molecule has 14 heteroatoms. The van der Waals surface area contributed by atoms with Gasteiger partial charge in [-0.1, -0.05) is 0 Å². The van der Waals surface area contributed by atoms with Crippen LogP contribution in [-0.4, -0.2) is 58.9 Å². The highest BCUT2D eigenvalue weighted by molar-refractivity contribution is 5.16. The van der Waals surface area contributed by atoms with Crippen LogP contribution < -0.4 is 0 Å². The molecule has 2 rings (SSSR count). The van der Waals surface area contributed by atoms with Gasteiger partial charge in [0.05, 0.1) is 0 Å². The summed E-state index contributed by atoms with van der Waals surface area (Å²) in [4.78, 5) is 0. The van der Waals surface area contributed by atoms with E-state index in [9.17, 15) is 52.7 Å². The molecule has 0 radical (unpaired) electrons. The van der Waals surface area contributed by atoms with Crippen molar-refractivity contribution in [3.05, 3.63) is 0 Å². The Morgan fingerprint density at radius 3 is 0.833 bits per heavy atom. The highest BCUT2D eigenvalue weighted by atomic mass is 19.4. The van der Waals surface area contributed by atoms with E-state index in [0.717, 1.165) is 0 Å². The molecule has 0 spiro atoms. The van der Waals surface area contributed by atoms with Gasteiger partial charge >= 0.3 is 24.7 Å². The SMILES string of the molecule is FC(F)(F)C1(C(F)(F)F)CCN2N1CCC2(C(F)(F)F)C(F)(F)F. The van der Waals surface area contributed by atoms with E-state index in [1.54, 1.807) is 0 Å². The van der Waals surface area contributed by atoms with Gasteiger partial charge in [0.2, 0.25) is 11.1 Å². The molecule has 0 bridgehead atoms. The van der Waals surface area contributed by atoms with Crippen LogP contribution >= 0.6 is 0 Å². The van der Waals surface area contributed by atoms with Crippen LogP contribution in [0.1, 0.15) is 12.8 Å². The van der Waals surface area contributed by atoms with Crippen molar-refractivity contribution in [2.45, 2.75) is 48.6 Å². The van der Waals surface area contributed by atoms with E-state index in [1.807, 2.05) is 0 Å². The summed E-state index contributed by atoms with van der Waals surface area (Å²) in [5.74, 6) is 0. The van der Waals surface area contributed by atoms with Gasteiger partial charge in [0, 0.05) is 13.1 Å². The molecule has 2 nitrogen and oxygen atoms in total. The molecule has 24 heavy (non-hydrogen) atoms. The minimum Gasteiger partial charge on any atom is -0.217 e. The van der Waals surface area contributed by atoms with Crippen molar-refractivity contribution in [2.75, 3.05) is 13.1 Å². The molecule has 0 N–H and O–H groups in total. The second kappa shape index (κ2) is 4.83.